The third-order valence-electron chi connectivity index (χ3n) is 4.05. The molecule has 9 heteroatoms. The van der Waals surface area contributed by atoms with Crippen LogP contribution in [0, 0.1) is 10.1 Å². The Kier molecular flexibility index (Phi) is 4.85. The number of nitrogens with zero attached hydrogens (tertiary/aromatic N) is 5. The Labute approximate surface area is 154 Å². The fraction of sp³-hybridized carbons (Fsp3) is 0.235. The normalized spacial score (nSPS) is 10.9. The van der Waals surface area contributed by atoms with Crippen LogP contribution in [0.15, 0.2) is 36.4 Å². The third-order valence-corrected chi connectivity index (χ3v) is 4.42. The summed E-state index contributed by atoms with van der Waals surface area (Å²) in [5.41, 5.74) is 2.40. The van der Waals surface area contributed by atoms with Crippen LogP contribution >= 0.6 is 11.6 Å². The van der Waals surface area contributed by atoms with Gasteiger partial charge in [0.1, 0.15) is 5.52 Å². The maximum Gasteiger partial charge on any atom is 0.269 e. The van der Waals surface area contributed by atoms with Crippen molar-refractivity contribution in [3.63, 3.8) is 0 Å². The number of hydrogen-bond donors (Lipinski definition) is 0. The molecule has 26 heavy (non-hydrogen) atoms. The van der Waals surface area contributed by atoms with Crippen LogP contribution < -0.4 is 0 Å². The molecule has 0 bridgehead atoms. The van der Waals surface area contributed by atoms with E-state index in [9.17, 15) is 14.9 Å². The summed E-state index contributed by atoms with van der Waals surface area (Å²) < 4.78 is 1.75. The largest absolute Gasteiger partial charge is 0.337 e. The topological polar surface area (TPSA) is 94.2 Å². The van der Waals surface area contributed by atoms with Crippen LogP contribution in [0.3, 0.4) is 0 Å². The van der Waals surface area contributed by atoms with E-state index in [1.807, 2.05) is 6.92 Å². The first-order valence-electron chi connectivity index (χ1n) is 7.92. The zero-order chi connectivity index (χ0) is 18.8. The highest BCUT2D eigenvalue weighted by atomic mass is 35.5. The molecule has 8 nitrogen and oxygen atoms in total. The zero-order valence-electron chi connectivity index (χ0n) is 14.2. The first-order chi connectivity index (χ1) is 12.4. The fourth-order valence-corrected chi connectivity index (χ4v) is 2.86. The van der Waals surface area contributed by atoms with Crippen LogP contribution in [0.4, 0.5) is 5.69 Å². The summed E-state index contributed by atoms with van der Waals surface area (Å²) in [6.07, 6.45) is 0. The first-order valence-corrected chi connectivity index (χ1v) is 8.30. The lowest BCUT2D eigenvalue weighted by atomic mass is 10.1. The number of fused-ring (bicyclic) bond motifs is 1. The molecule has 1 heterocycles. The molecule has 0 unspecified atom stereocenters. The third kappa shape index (κ3) is 3.36. The number of halogens is 1. The number of hydrogen-bond acceptors (Lipinski definition) is 5. The van der Waals surface area contributed by atoms with Gasteiger partial charge in [-0.05, 0) is 36.8 Å². The monoisotopic (exact) mass is 373 g/mol. The van der Waals surface area contributed by atoms with Gasteiger partial charge in [-0.1, -0.05) is 16.8 Å². The van der Waals surface area contributed by atoms with Gasteiger partial charge in [0, 0.05) is 42.9 Å². The highest BCUT2D eigenvalue weighted by molar-refractivity contribution is 6.31. The van der Waals surface area contributed by atoms with Crippen molar-refractivity contribution >= 4 is 34.2 Å². The van der Waals surface area contributed by atoms with Crippen LogP contribution in [-0.4, -0.2) is 37.8 Å². The Morgan fingerprint density at radius 2 is 2.08 bits per heavy atom. The van der Waals surface area contributed by atoms with Crippen LogP contribution in [0.1, 0.15) is 22.8 Å². The summed E-state index contributed by atoms with van der Waals surface area (Å²) >= 11 is 6.11. The lowest BCUT2D eigenvalue weighted by Crippen LogP contribution is -2.26. The van der Waals surface area contributed by atoms with Crippen molar-refractivity contribution in [2.75, 3.05) is 7.05 Å². The molecule has 3 rings (SSSR count). The van der Waals surface area contributed by atoms with Crippen molar-refractivity contribution < 1.29 is 9.72 Å². The van der Waals surface area contributed by atoms with Gasteiger partial charge in [-0.3, -0.25) is 14.9 Å². The molecule has 0 aliphatic carbocycles. The number of non-ortho nitro benzene ring substituents is 1. The highest BCUT2D eigenvalue weighted by Gasteiger charge is 2.17. The van der Waals surface area contributed by atoms with Crippen molar-refractivity contribution in [1.82, 2.24) is 19.9 Å². The number of aryl methyl sites for hydroxylation is 1. The van der Waals surface area contributed by atoms with Crippen LogP contribution in [0.25, 0.3) is 11.0 Å². The van der Waals surface area contributed by atoms with E-state index in [0.29, 0.717) is 28.2 Å². The maximum absolute atomic E-state index is 12.7. The average Bonchev–Trinajstić information content (AvgIpc) is 3.04. The fourth-order valence-electron chi connectivity index (χ4n) is 2.68. The summed E-state index contributed by atoms with van der Waals surface area (Å²) in [4.78, 5) is 24.6. The molecule has 2 aromatic carbocycles. The van der Waals surface area contributed by atoms with Gasteiger partial charge in [-0.25, -0.2) is 4.68 Å². The van der Waals surface area contributed by atoms with Gasteiger partial charge in [-0.2, -0.15) is 0 Å². The molecule has 0 N–H and O–H groups in total. The van der Waals surface area contributed by atoms with Crippen LogP contribution in [0.2, 0.25) is 5.02 Å². The Bertz CT molecular complexity index is 1000. The Morgan fingerprint density at radius 3 is 2.77 bits per heavy atom. The van der Waals surface area contributed by atoms with E-state index in [4.69, 9.17) is 11.6 Å². The lowest BCUT2D eigenvalue weighted by molar-refractivity contribution is -0.384. The SMILES string of the molecule is CCn1nnc2cc(C(=O)N(C)Cc3cc([N+](=O)[O-])ccc3Cl)ccc21. The number of nitro benzene ring substituents is 1. The van der Waals surface area contributed by atoms with Crippen molar-refractivity contribution in [2.45, 2.75) is 20.0 Å². The van der Waals surface area contributed by atoms with Crippen molar-refractivity contribution in [3.8, 4) is 0 Å². The van der Waals surface area contributed by atoms with Gasteiger partial charge >= 0.3 is 0 Å². The zero-order valence-corrected chi connectivity index (χ0v) is 15.0. The number of rotatable bonds is 5. The quantitative estimate of drug-likeness (QED) is 0.505. The van der Waals surface area contributed by atoms with Crippen molar-refractivity contribution in [2.24, 2.45) is 0 Å². The molecular weight excluding hydrogens is 358 g/mol. The summed E-state index contributed by atoms with van der Waals surface area (Å²) in [6.45, 7) is 2.80. The van der Waals surface area contributed by atoms with Gasteiger partial charge in [0.15, 0.2) is 0 Å². The molecule has 3 aromatic rings. The molecule has 0 atom stereocenters. The first kappa shape index (κ1) is 17.8. The van der Waals surface area contributed by atoms with Gasteiger partial charge in [-0.15, -0.1) is 5.10 Å². The molecule has 0 saturated carbocycles. The van der Waals surface area contributed by atoms with Gasteiger partial charge in [0.2, 0.25) is 0 Å². The summed E-state index contributed by atoms with van der Waals surface area (Å²) in [5.74, 6) is -0.236. The van der Waals surface area contributed by atoms with Gasteiger partial charge < -0.3 is 4.90 Å². The second-order valence-electron chi connectivity index (χ2n) is 5.80. The number of carbonyl (C=O) groups excluding carboxylic acids is 1. The maximum atomic E-state index is 12.7. The molecule has 0 spiro atoms. The minimum Gasteiger partial charge on any atom is -0.337 e. The molecule has 0 fully saturated rings. The van der Waals surface area contributed by atoms with Gasteiger partial charge in [0.05, 0.1) is 10.4 Å². The molecule has 0 saturated heterocycles. The summed E-state index contributed by atoms with van der Waals surface area (Å²) in [6, 6.07) is 9.37. The molecule has 0 aliphatic rings. The number of carbonyl (C=O) groups is 1. The van der Waals surface area contributed by atoms with E-state index in [1.54, 1.807) is 29.9 Å². The van der Waals surface area contributed by atoms with Crippen LogP contribution in [0.5, 0.6) is 0 Å². The van der Waals surface area contributed by atoms with E-state index >= 15 is 0 Å². The van der Waals surface area contributed by atoms with E-state index < -0.39 is 4.92 Å². The highest BCUT2D eigenvalue weighted by Crippen LogP contribution is 2.24. The minimum atomic E-state index is -0.493. The average molecular weight is 374 g/mol. The lowest BCUT2D eigenvalue weighted by Gasteiger charge is -2.18. The molecular formula is C17H16ClN5O3. The van der Waals surface area contributed by atoms with Crippen molar-refractivity contribution in [3.05, 3.63) is 62.7 Å². The predicted molar refractivity (Wildman–Crippen MR) is 97.1 cm³/mol. The number of nitro groups is 1. The molecule has 0 radical (unpaired) electrons. The standard InChI is InChI=1S/C17H16ClN5O3/c1-3-22-16-7-4-11(9-15(16)19-20-22)17(24)21(2)10-12-8-13(23(25)26)5-6-14(12)18/h4-9H,3,10H2,1-2H3. The molecule has 1 amide bonds. The predicted octanol–water partition coefficient (Wildman–Crippen LogP) is 3.29. The van der Waals surface area contributed by atoms with Crippen molar-refractivity contribution in [1.29, 1.82) is 0 Å². The number of benzene rings is 2. The Morgan fingerprint density at radius 1 is 1.31 bits per heavy atom. The van der Waals surface area contributed by atoms with E-state index in [0.717, 1.165) is 5.52 Å². The molecule has 1 aromatic heterocycles. The second kappa shape index (κ2) is 7.09. The smallest absolute Gasteiger partial charge is 0.269 e. The summed E-state index contributed by atoms with van der Waals surface area (Å²) in [7, 11) is 1.62. The molecule has 134 valence electrons. The van der Waals surface area contributed by atoms with Gasteiger partial charge in [0.25, 0.3) is 11.6 Å². The van der Waals surface area contributed by atoms with Crippen LogP contribution in [-0.2, 0) is 13.1 Å². The van der Waals surface area contributed by atoms with E-state index in [2.05, 4.69) is 10.3 Å². The number of aromatic nitrogens is 3. The number of amides is 1. The molecule has 0 aliphatic heterocycles. The summed E-state index contributed by atoms with van der Waals surface area (Å²) in [5, 5.41) is 19.4. The minimum absolute atomic E-state index is 0.0668. The Hall–Kier alpha value is -3.00. The van der Waals surface area contributed by atoms with E-state index in [-0.39, 0.29) is 18.1 Å². The Balaban J connectivity index is 1.84. The second-order valence-corrected chi connectivity index (χ2v) is 6.21. The van der Waals surface area contributed by atoms with E-state index in [1.165, 1.54) is 23.1 Å².